The Kier molecular flexibility index (Phi) is 3.58. The van der Waals surface area contributed by atoms with Crippen LogP contribution in [0.2, 0.25) is 0 Å². The van der Waals surface area contributed by atoms with Crippen LogP contribution >= 0.6 is 11.6 Å². The van der Waals surface area contributed by atoms with Crippen LogP contribution < -0.4 is 5.32 Å². The summed E-state index contributed by atoms with van der Waals surface area (Å²) in [4.78, 5) is 10.3. The van der Waals surface area contributed by atoms with Gasteiger partial charge in [0.05, 0.1) is 6.42 Å². The first-order valence-electron chi connectivity index (χ1n) is 3.86. The van der Waals surface area contributed by atoms with E-state index >= 15 is 0 Å². The van der Waals surface area contributed by atoms with Crippen LogP contribution in [0, 0.1) is 0 Å². The van der Waals surface area contributed by atoms with Gasteiger partial charge in [-0.05, 0) is 12.1 Å². The number of carboxylic acid groups (broad SMARTS) is 1. The maximum Gasteiger partial charge on any atom is 0.306 e. The highest BCUT2D eigenvalue weighted by molar-refractivity contribution is 6.22. The quantitative estimate of drug-likeness (QED) is 0.577. The molecule has 0 aliphatic heterocycles. The zero-order valence-corrected chi connectivity index (χ0v) is 7.66. The molecule has 0 fully saturated rings. The van der Waals surface area contributed by atoms with Gasteiger partial charge < -0.3 is 10.4 Å². The molecule has 1 aromatic rings. The van der Waals surface area contributed by atoms with Crippen molar-refractivity contribution in [2.24, 2.45) is 0 Å². The van der Waals surface area contributed by atoms with Crippen molar-refractivity contribution in [3.63, 3.8) is 0 Å². The molecule has 0 amide bonds. The second-order valence-electron chi connectivity index (χ2n) is 2.58. The number of hydrogen-bond acceptors (Lipinski definition) is 2. The molecule has 0 bridgehead atoms. The first-order chi connectivity index (χ1) is 6.18. The number of carbonyl (C=O) groups is 1. The number of halogens is 1. The topological polar surface area (TPSA) is 49.3 Å². The third-order valence-electron chi connectivity index (χ3n) is 1.45. The average molecular weight is 200 g/mol. The number of anilines is 1. The summed E-state index contributed by atoms with van der Waals surface area (Å²) in [5.41, 5.74) is 0.253. The smallest absolute Gasteiger partial charge is 0.306 e. The first-order valence-corrected chi connectivity index (χ1v) is 4.29. The number of carboxylic acids is 1. The summed E-state index contributed by atoms with van der Waals surface area (Å²) in [6.45, 7) is 0. The molecule has 70 valence electrons. The molecule has 3 nitrogen and oxygen atoms in total. The summed E-state index contributed by atoms with van der Waals surface area (Å²) >= 11 is 5.72. The zero-order valence-electron chi connectivity index (χ0n) is 6.90. The largest absolute Gasteiger partial charge is 0.481 e. The van der Waals surface area contributed by atoms with E-state index in [0.717, 1.165) is 5.69 Å². The highest BCUT2D eigenvalue weighted by Crippen LogP contribution is 2.10. The van der Waals surface area contributed by atoms with Gasteiger partial charge in [0.2, 0.25) is 0 Å². The Morgan fingerprint density at radius 3 is 2.62 bits per heavy atom. The van der Waals surface area contributed by atoms with Crippen molar-refractivity contribution < 1.29 is 9.90 Å². The molecule has 2 N–H and O–H groups in total. The minimum Gasteiger partial charge on any atom is -0.481 e. The molecular formula is C9H10ClNO2. The predicted octanol–water partition coefficient (Wildman–Crippen LogP) is 2.14. The lowest BCUT2D eigenvalue weighted by atomic mass is 10.3. The monoisotopic (exact) mass is 199 g/mol. The lowest BCUT2D eigenvalue weighted by molar-refractivity contribution is -0.136. The van der Waals surface area contributed by atoms with Gasteiger partial charge in [-0.15, -0.1) is 0 Å². The van der Waals surface area contributed by atoms with E-state index in [9.17, 15) is 4.79 Å². The lowest BCUT2D eigenvalue weighted by Crippen LogP contribution is -2.16. The lowest BCUT2D eigenvalue weighted by Gasteiger charge is -2.10. The van der Waals surface area contributed by atoms with Crippen LogP contribution in [0.5, 0.6) is 0 Å². The highest BCUT2D eigenvalue weighted by atomic mass is 35.5. The van der Waals surface area contributed by atoms with E-state index in [2.05, 4.69) is 5.32 Å². The summed E-state index contributed by atoms with van der Waals surface area (Å²) in [5, 5.41) is 11.3. The first kappa shape index (κ1) is 9.86. The van der Waals surface area contributed by atoms with Gasteiger partial charge in [0.25, 0.3) is 0 Å². The van der Waals surface area contributed by atoms with E-state index in [1.807, 2.05) is 30.3 Å². The maximum absolute atomic E-state index is 10.3. The SMILES string of the molecule is O=C(O)CC(Cl)Nc1ccccc1. The predicted molar refractivity (Wildman–Crippen MR) is 52.0 cm³/mol. The summed E-state index contributed by atoms with van der Waals surface area (Å²) in [6, 6.07) is 9.25. The van der Waals surface area contributed by atoms with Gasteiger partial charge in [-0.1, -0.05) is 29.8 Å². The number of alkyl halides is 1. The third-order valence-corrected chi connectivity index (χ3v) is 1.71. The van der Waals surface area contributed by atoms with Gasteiger partial charge in [-0.3, -0.25) is 4.79 Å². The van der Waals surface area contributed by atoms with Crippen LogP contribution in [0.3, 0.4) is 0 Å². The second kappa shape index (κ2) is 4.72. The fourth-order valence-electron chi connectivity index (χ4n) is 0.920. The maximum atomic E-state index is 10.3. The molecule has 0 radical (unpaired) electrons. The molecule has 1 atom stereocenters. The van der Waals surface area contributed by atoms with Gasteiger partial charge in [-0.25, -0.2) is 0 Å². The van der Waals surface area contributed by atoms with Gasteiger partial charge in [0.1, 0.15) is 5.50 Å². The van der Waals surface area contributed by atoms with E-state index in [4.69, 9.17) is 16.7 Å². The van der Waals surface area contributed by atoms with Crippen molar-refractivity contribution in [3.05, 3.63) is 30.3 Å². The Hall–Kier alpha value is -1.22. The van der Waals surface area contributed by atoms with Gasteiger partial charge >= 0.3 is 5.97 Å². The molecule has 0 spiro atoms. The van der Waals surface area contributed by atoms with Crippen molar-refractivity contribution in [3.8, 4) is 0 Å². The van der Waals surface area contributed by atoms with E-state index in [0.29, 0.717) is 0 Å². The minimum atomic E-state index is -0.913. The van der Waals surface area contributed by atoms with Crippen molar-refractivity contribution in [1.82, 2.24) is 0 Å². The van der Waals surface area contributed by atoms with Gasteiger partial charge in [0, 0.05) is 5.69 Å². The fraction of sp³-hybridized carbons (Fsp3) is 0.222. The Labute approximate surface area is 81.3 Å². The van der Waals surface area contributed by atoms with Gasteiger partial charge in [0.15, 0.2) is 0 Å². The molecule has 0 aliphatic carbocycles. The Morgan fingerprint density at radius 1 is 1.46 bits per heavy atom. The average Bonchev–Trinajstić information content (AvgIpc) is 2.04. The molecule has 4 heteroatoms. The Balaban J connectivity index is 2.45. The van der Waals surface area contributed by atoms with Crippen LogP contribution in [0.1, 0.15) is 6.42 Å². The molecule has 0 heterocycles. The molecule has 0 saturated heterocycles. The number of para-hydroxylation sites is 1. The molecular weight excluding hydrogens is 190 g/mol. The van der Waals surface area contributed by atoms with Crippen LogP contribution in [0.4, 0.5) is 5.69 Å². The van der Waals surface area contributed by atoms with E-state index in [-0.39, 0.29) is 6.42 Å². The summed E-state index contributed by atoms with van der Waals surface area (Å²) < 4.78 is 0. The highest BCUT2D eigenvalue weighted by Gasteiger charge is 2.08. The molecule has 1 unspecified atom stereocenters. The molecule has 1 rings (SSSR count). The molecule has 0 aromatic heterocycles. The van der Waals surface area contributed by atoms with Crippen molar-refractivity contribution in [2.45, 2.75) is 11.9 Å². The van der Waals surface area contributed by atoms with Gasteiger partial charge in [-0.2, -0.15) is 0 Å². The normalized spacial score (nSPS) is 12.1. The van der Waals surface area contributed by atoms with E-state index < -0.39 is 11.5 Å². The second-order valence-corrected chi connectivity index (χ2v) is 3.10. The van der Waals surface area contributed by atoms with E-state index in [1.54, 1.807) is 0 Å². The van der Waals surface area contributed by atoms with Crippen LogP contribution in [-0.2, 0) is 4.79 Å². The fourth-order valence-corrected chi connectivity index (χ4v) is 1.18. The number of benzene rings is 1. The minimum absolute atomic E-state index is 0.101. The number of hydrogen-bond donors (Lipinski definition) is 2. The standard InChI is InChI=1S/C9H10ClNO2/c10-8(6-9(12)13)11-7-4-2-1-3-5-7/h1-5,8,11H,6H2,(H,12,13). The molecule has 0 aliphatic rings. The van der Waals surface area contributed by atoms with E-state index in [1.165, 1.54) is 0 Å². The molecule has 0 saturated carbocycles. The number of rotatable bonds is 4. The van der Waals surface area contributed by atoms with Crippen molar-refractivity contribution in [1.29, 1.82) is 0 Å². The Bertz CT molecular complexity index is 276. The van der Waals surface area contributed by atoms with Crippen LogP contribution in [0.25, 0.3) is 0 Å². The summed E-state index contributed by atoms with van der Waals surface area (Å²) in [6.07, 6.45) is -0.101. The summed E-state index contributed by atoms with van der Waals surface area (Å²) in [7, 11) is 0. The Morgan fingerprint density at radius 2 is 2.08 bits per heavy atom. The van der Waals surface area contributed by atoms with Crippen molar-refractivity contribution in [2.75, 3.05) is 5.32 Å². The van der Waals surface area contributed by atoms with Crippen LogP contribution in [-0.4, -0.2) is 16.6 Å². The van der Waals surface area contributed by atoms with Crippen molar-refractivity contribution >= 4 is 23.3 Å². The zero-order chi connectivity index (χ0) is 9.68. The molecule has 13 heavy (non-hydrogen) atoms. The number of aliphatic carboxylic acids is 1. The number of nitrogens with one attached hydrogen (secondary N) is 1. The van der Waals surface area contributed by atoms with Crippen LogP contribution in [0.15, 0.2) is 30.3 Å². The summed E-state index contributed by atoms with van der Waals surface area (Å²) in [5.74, 6) is -0.913. The third kappa shape index (κ3) is 3.80. The molecule has 1 aromatic carbocycles.